The van der Waals surface area contributed by atoms with Crippen molar-refractivity contribution in [3.63, 3.8) is 0 Å². The van der Waals surface area contributed by atoms with Gasteiger partial charge in [0, 0.05) is 6.54 Å². The first kappa shape index (κ1) is 13.7. The Morgan fingerprint density at radius 3 is 2.27 bits per heavy atom. The molecule has 0 heterocycles. The van der Waals surface area contributed by atoms with Gasteiger partial charge in [-0.2, -0.15) is 0 Å². The van der Waals surface area contributed by atoms with Gasteiger partial charge >= 0.3 is 12.1 Å². The van der Waals surface area contributed by atoms with Gasteiger partial charge in [-0.3, -0.25) is 5.21 Å². The van der Waals surface area contributed by atoms with E-state index >= 15 is 0 Å². The maximum atomic E-state index is 11.5. The number of amides is 3. The lowest BCUT2D eigenvalue weighted by Crippen LogP contribution is -2.45. The van der Waals surface area contributed by atoms with Gasteiger partial charge in [0.25, 0.3) is 0 Å². The van der Waals surface area contributed by atoms with E-state index in [0.29, 0.717) is 6.42 Å². The normalized spacial score (nSPS) is 10.7. The zero-order valence-corrected chi connectivity index (χ0v) is 9.53. The van der Waals surface area contributed by atoms with Crippen molar-refractivity contribution in [2.45, 2.75) is 39.7 Å². The molecule has 0 atom stereocenters. The minimum atomic E-state index is -0.883. The number of nitrogens with one attached hydrogen (secondary N) is 1. The summed E-state index contributed by atoms with van der Waals surface area (Å²) in [7, 11) is 0. The first-order chi connectivity index (χ1) is 6.81. The molecule has 15 heavy (non-hydrogen) atoms. The SMILES string of the molecule is CCCN(C(=O)NO)C(=O)OC(C)(C)C. The van der Waals surface area contributed by atoms with Crippen molar-refractivity contribution in [2.24, 2.45) is 0 Å². The van der Waals surface area contributed by atoms with E-state index in [9.17, 15) is 9.59 Å². The Morgan fingerprint density at radius 1 is 1.40 bits per heavy atom. The van der Waals surface area contributed by atoms with Crippen molar-refractivity contribution >= 4 is 12.1 Å². The number of hydrogen-bond donors (Lipinski definition) is 2. The fourth-order valence-electron chi connectivity index (χ4n) is 0.877. The standard InChI is InChI=1S/C9H18N2O4/c1-5-6-11(7(12)10-14)8(13)15-9(2,3)4/h14H,5-6H2,1-4H3,(H,10,12). The molecule has 0 saturated heterocycles. The van der Waals surface area contributed by atoms with Gasteiger partial charge in [0.2, 0.25) is 0 Å². The van der Waals surface area contributed by atoms with E-state index in [4.69, 9.17) is 9.94 Å². The van der Waals surface area contributed by atoms with E-state index in [2.05, 4.69) is 0 Å². The highest BCUT2D eigenvalue weighted by Crippen LogP contribution is 2.10. The van der Waals surface area contributed by atoms with E-state index in [1.807, 2.05) is 6.92 Å². The van der Waals surface area contributed by atoms with Crippen LogP contribution in [0.5, 0.6) is 0 Å². The monoisotopic (exact) mass is 218 g/mol. The molecule has 0 saturated carbocycles. The Labute approximate surface area is 89.2 Å². The summed E-state index contributed by atoms with van der Waals surface area (Å²) in [4.78, 5) is 23.4. The first-order valence-electron chi connectivity index (χ1n) is 4.76. The van der Waals surface area contributed by atoms with E-state index in [1.54, 1.807) is 20.8 Å². The van der Waals surface area contributed by atoms with Crippen molar-refractivity contribution in [2.75, 3.05) is 6.54 Å². The predicted molar refractivity (Wildman–Crippen MR) is 53.5 cm³/mol. The van der Waals surface area contributed by atoms with Gasteiger partial charge in [0.1, 0.15) is 5.60 Å². The Hall–Kier alpha value is -1.30. The topological polar surface area (TPSA) is 78.9 Å². The Balaban J connectivity index is 4.49. The highest BCUT2D eigenvalue weighted by atomic mass is 16.6. The molecule has 0 unspecified atom stereocenters. The summed E-state index contributed by atoms with van der Waals surface area (Å²) in [5.74, 6) is 0. The third kappa shape index (κ3) is 5.21. The number of rotatable bonds is 2. The van der Waals surface area contributed by atoms with Gasteiger partial charge < -0.3 is 4.74 Å². The van der Waals surface area contributed by atoms with Crippen LogP contribution in [0.2, 0.25) is 0 Å². The third-order valence-electron chi connectivity index (χ3n) is 1.40. The number of nitrogens with zero attached hydrogens (tertiary/aromatic N) is 1. The third-order valence-corrected chi connectivity index (χ3v) is 1.40. The molecule has 0 rings (SSSR count). The molecule has 6 heteroatoms. The van der Waals surface area contributed by atoms with Crippen LogP contribution in [0.15, 0.2) is 0 Å². The van der Waals surface area contributed by atoms with Crippen LogP contribution in [0.3, 0.4) is 0 Å². The van der Waals surface area contributed by atoms with Gasteiger partial charge in [0.15, 0.2) is 0 Å². The Kier molecular flexibility index (Phi) is 5.07. The van der Waals surface area contributed by atoms with Crippen LogP contribution in [-0.2, 0) is 4.74 Å². The summed E-state index contributed by atoms with van der Waals surface area (Å²) in [5, 5.41) is 8.43. The summed E-state index contributed by atoms with van der Waals surface area (Å²) in [5.41, 5.74) is 0.735. The zero-order chi connectivity index (χ0) is 12.1. The minimum absolute atomic E-state index is 0.196. The fourth-order valence-corrected chi connectivity index (χ4v) is 0.877. The van der Waals surface area contributed by atoms with Gasteiger partial charge in [-0.25, -0.2) is 20.0 Å². The highest BCUT2D eigenvalue weighted by Gasteiger charge is 2.26. The van der Waals surface area contributed by atoms with Crippen molar-refractivity contribution in [3.05, 3.63) is 0 Å². The smallest absolute Gasteiger partial charge is 0.418 e. The molecule has 0 radical (unpaired) electrons. The van der Waals surface area contributed by atoms with Crippen LogP contribution in [0.1, 0.15) is 34.1 Å². The second-order valence-corrected chi connectivity index (χ2v) is 4.05. The number of urea groups is 1. The molecule has 6 nitrogen and oxygen atoms in total. The van der Waals surface area contributed by atoms with Crippen LogP contribution in [0, 0.1) is 0 Å². The largest absolute Gasteiger partial charge is 0.443 e. The molecule has 0 aromatic heterocycles. The molecule has 2 N–H and O–H groups in total. The lowest BCUT2D eigenvalue weighted by atomic mass is 10.2. The summed E-state index contributed by atoms with van der Waals surface area (Å²) in [6.45, 7) is 7.10. The van der Waals surface area contributed by atoms with Crippen molar-refractivity contribution < 1.29 is 19.5 Å². The summed E-state index contributed by atoms with van der Waals surface area (Å²) >= 11 is 0. The lowest BCUT2D eigenvalue weighted by Gasteiger charge is -2.25. The van der Waals surface area contributed by atoms with Crippen molar-refractivity contribution in [3.8, 4) is 0 Å². The molecule has 0 aromatic rings. The van der Waals surface area contributed by atoms with Crippen LogP contribution in [0.25, 0.3) is 0 Å². The number of carbonyl (C=O) groups excluding carboxylic acids is 2. The molecular formula is C9H18N2O4. The van der Waals surface area contributed by atoms with Crippen LogP contribution >= 0.6 is 0 Å². The van der Waals surface area contributed by atoms with E-state index < -0.39 is 17.7 Å². The van der Waals surface area contributed by atoms with Crippen molar-refractivity contribution in [1.82, 2.24) is 10.4 Å². The van der Waals surface area contributed by atoms with E-state index in [0.717, 1.165) is 4.90 Å². The molecular weight excluding hydrogens is 200 g/mol. The van der Waals surface area contributed by atoms with Crippen LogP contribution < -0.4 is 5.48 Å². The predicted octanol–water partition coefficient (Wildman–Crippen LogP) is 1.73. The molecule has 3 amide bonds. The first-order valence-corrected chi connectivity index (χ1v) is 4.76. The molecule has 0 aliphatic carbocycles. The lowest BCUT2D eigenvalue weighted by molar-refractivity contribution is 0.0280. The molecule has 0 aliphatic rings. The maximum Gasteiger partial charge on any atom is 0.418 e. The number of ether oxygens (including phenoxy) is 1. The quantitative estimate of drug-likeness (QED) is 0.546. The average Bonchev–Trinajstić information content (AvgIpc) is 2.10. The second-order valence-electron chi connectivity index (χ2n) is 4.05. The number of carbonyl (C=O) groups is 2. The van der Waals surface area contributed by atoms with E-state index in [1.165, 1.54) is 5.48 Å². The van der Waals surface area contributed by atoms with Gasteiger partial charge in [-0.15, -0.1) is 0 Å². The van der Waals surface area contributed by atoms with Gasteiger partial charge in [0.05, 0.1) is 0 Å². The van der Waals surface area contributed by atoms with Crippen molar-refractivity contribution in [1.29, 1.82) is 0 Å². The highest BCUT2D eigenvalue weighted by molar-refractivity contribution is 5.90. The molecule has 0 spiro atoms. The van der Waals surface area contributed by atoms with Gasteiger partial charge in [-0.05, 0) is 27.2 Å². The zero-order valence-electron chi connectivity index (χ0n) is 9.53. The summed E-state index contributed by atoms with van der Waals surface area (Å²) in [6.07, 6.45) is -0.178. The number of hydroxylamine groups is 1. The Morgan fingerprint density at radius 2 is 1.93 bits per heavy atom. The van der Waals surface area contributed by atoms with Gasteiger partial charge in [-0.1, -0.05) is 6.92 Å². The Bertz CT molecular complexity index is 235. The second kappa shape index (κ2) is 5.55. The fraction of sp³-hybridized carbons (Fsp3) is 0.778. The molecule has 88 valence electrons. The maximum absolute atomic E-state index is 11.5. The van der Waals surface area contributed by atoms with Crippen LogP contribution in [0.4, 0.5) is 9.59 Å². The summed E-state index contributed by atoms with van der Waals surface area (Å²) < 4.78 is 4.99. The number of imide groups is 1. The molecule has 0 aromatic carbocycles. The average molecular weight is 218 g/mol. The molecule has 0 bridgehead atoms. The van der Waals surface area contributed by atoms with Crippen LogP contribution in [-0.4, -0.2) is 34.4 Å². The van der Waals surface area contributed by atoms with E-state index in [-0.39, 0.29) is 6.54 Å². The molecule has 0 fully saturated rings. The molecule has 0 aliphatic heterocycles. The minimum Gasteiger partial charge on any atom is -0.443 e. The number of hydrogen-bond acceptors (Lipinski definition) is 4. The summed E-state index contributed by atoms with van der Waals surface area (Å²) in [6, 6.07) is -0.883.